The van der Waals surface area contributed by atoms with Crippen molar-refractivity contribution >= 4 is 0 Å². The van der Waals surface area contributed by atoms with E-state index in [0.29, 0.717) is 6.04 Å². The first kappa shape index (κ1) is 9.96. The standard InChI is InChI=1S/C9H21N3/c1-9(2)11-5-7-12(8-6-11)10(3)4/h9H,5-8H2,1-4H3. The zero-order valence-corrected chi connectivity index (χ0v) is 8.75. The Labute approximate surface area is 75.9 Å². The Morgan fingerprint density at radius 1 is 1.00 bits per heavy atom. The van der Waals surface area contributed by atoms with Crippen LogP contribution < -0.4 is 0 Å². The van der Waals surface area contributed by atoms with Crippen molar-refractivity contribution in [1.29, 1.82) is 0 Å². The van der Waals surface area contributed by atoms with Crippen LogP contribution >= 0.6 is 0 Å². The van der Waals surface area contributed by atoms with Crippen LogP contribution in [0.25, 0.3) is 0 Å². The lowest BCUT2D eigenvalue weighted by Gasteiger charge is -2.39. The molecule has 12 heavy (non-hydrogen) atoms. The van der Waals surface area contributed by atoms with Gasteiger partial charge < -0.3 is 0 Å². The molecular formula is C9H21N3. The zero-order valence-electron chi connectivity index (χ0n) is 8.75. The van der Waals surface area contributed by atoms with Gasteiger partial charge in [-0.1, -0.05) is 0 Å². The Morgan fingerprint density at radius 3 is 1.83 bits per heavy atom. The molecule has 3 nitrogen and oxygen atoms in total. The summed E-state index contributed by atoms with van der Waals surface area (Å²) in [4.78, 5) is 2.53. The van der Waals surface area contributed by atoms with Gasteiger partial charge >= 0.3 is 0 Å². The molecule has 0 aliphatic carbocycles. The fourth-order valence-corrected chi connectivity index (χ4v) is 1.63. The molecule has 0 N–H and O–H groups in total. The molecule has 3 heteroatoms. The van der Waals surface area contributed by atoms with Gasteiger partial charge in [-0.15, -0.1) is 0 Å². The summed E-state index contributed by atoms with van der Waals surface area (Å²) >= 11 is 0. The van der Waals surface area contributed by atoms with Gasteiger partial charge in [-0.25, -0.2) is 10.0 Å². The summed E-state index contributed by atoms with van der Waals surface area (Å²) in [6.07, 6.45) is 0. The van der Waals surface area contributed by atoms with Gasteiger partial charge in [-0.2, -0.15) is 0 Å². The maximum atomic E-state index is 2.53. The molecule has 1 heterocycles. The maximum absolute atomic E-state index is 2.53. The van der Waals surface area contributed by atoms with Gasteiger partial charge in [0.05, 0.1) is 0 Å². The fraction of sp³-hybridized carbons (Fsp3) is 1.00. The van der Waals surface area contributed by atoms with Crippen LogP contribution in [0.4, 0.5) is 0 Å². The van der Waals surface area contributed by atoms with E-state index in [9.17, 15) is 0 Å². The van der Waals surface area contributed by atoms with E-state index in [2.05, 4.69) is 42.9 Å². The average molecular weight is 171 g/mol. The maximum Gasteiger partial charge on any atom is 0.0261 e. The highest BCUT2D eigenvalue weighted by Crippen LogP contribution is 2.05. The predicted molar refractivity (Wildman–Crippen MR) is 52.0 cm³/mol. The smallest absolute Gasteiger partial charge is 0.0261 e. The lowest BCUT2D eigenvalue weighted by Crippen LogP contribution is -2.52. The van der Waals surface area contributed by atoms with Crippen molar-refractivity contribution in [3.8, 4) is 0 Å². The van der Waals surface area contributed by atoms with Crippen molar-refractivity contribution < 1.29 is 0 Å². The van der Waals surface area contributed by atoms with Crippen LogP contribution in [0.1, 0.15) is 13.8 Å². The van der Waals surface area contributed by atoms with E-state index in [-0.39, 0.29) is 0 Å². The molecule has 1 rings (SSSR count). The van der Waals surface area contributed by atoms with Crippen LogP contribution in [-0.2, 0) is 0 Å². The van der Waals surface area contributed by atoms with Crippen LogP contribution in [0.2, 0.25) is 0 Å². The first-order chi connectivity index (χ1) is 5.61. The molecule has 0 aromatic rings. The summed E-state index contributed by atoms with van der Waals surface area (Å²) in [5.74, 6) is 0. The second-order valence-electron chi connectivity index (χ2n) is 3.93. The third-order valence-corrected chi connectivity index (χ3v) is 2.59. The molecule has 0 amide bonds. The molecule has 72 valence electrons. The molecule has 1 aliphatic rings. The molecule has 0 atom stereocenters. The number of hydrogen-bond acceptors (Lipinski definition) is 3. The summed E-state index contributed by atoms with van der Waals surface area (Å²) in [5.41, 5.74) is 0. The van der Waals surface area contributed by atoms with Gasteiger partial charge in [0.1, 0.15) is 0 Å². The summed E-state index contributed by atoms with van der Waals surface area (Å²) in [6.45, 7) is 9.29. The molecule has 0 radical (unpaired) electrons. The van der Waals surface area contributed by atoms with Crippen LogP contribution in [0.3, 0.4) is 0 Å². The minimum atomic E-state index is 0.703. The summed E-state index contributed by atoms with van der Waals surface area (Å²) in [6, 6.07) is 0.703. The topological polar surface area (TPSA) is 9.72 Å². The Balaban J connectivity index is 2.30. The lowest BCUT2D eigenvalue weighted by molar-refractivity contribution is -0.0254. The van der Waals surface area contributed by atoms with Crippen LogP contribution in [0, 0.1) is 0 Å². The number of nitrogens with zero attached hydrogens (tertiary/aromatic N) is 3. The van der Waals surface area contributed by atoms with E-state index in [0.717, 1.165) is 0 Å². The number of hydrazine groups is 1. The minimum Gasteiger partial charge on any atom is -0.298 e. The number of hydrogen-bond donors (Lipinski definition) is 0. The molecule has 1 aliphatic heterocycles. The first-order valence-corrected chi connectivity index (χ1v) is 4.77. The van der Waals surface area contributed by atoms with Crippen LogP contribution in [0.15, 0.2) is 0 Å². The van der Waals surface area contributed by atoms with E-state index in [1.807, 2.05) is 0 Å². The highest BCUT2D eigenvalue weighted by molar-refractivity contribution is 4.71. The average Bonchev–Trinajstić information content (AvgIpc) is 2.04. The SMILES string of the molecule is CC(C)N1CCN(N(C)C)CC1. The second-order valence-corrected chi connectivity index (χ2v) is 3.93. The van der Waals surface area contributed by atoms with Crippen molar-refractivity contribution in [2.24, 2.45) is 0 Å². The number of rotatable bonds is 2. The predicted octanol–water partition coefficient (Wildman–Crippen LogP) is 0.489. The Hall–Kier alpha value is -0.120. The van der Waals surface area contributed by atoms with Crippen LogP contribution in [0.5, 0.6) is 0 Å². The van der Waals surface area contributed by atoms with Crippen molar-refractivity contribution in [2.75, 3.05) is 40.3 Å². The van der Waals surface area contributed by atoms with Gasteiger partial charge in [-0.05, 0) is 13.8 Å². The summed E-state index contributed by atoms with van der Waals surface area (Å²) in [7, 11) is 4.23. The van der Waals surface area contributed by atoms with Gasteiger partial charge in [0.15, 0.2) is 0 Å². The van der Waals surface area contributed by atoms with Gasteiger partial charge in [0, 0.05) is 46.3 Å². The fourth-order valence-electron chi connectivity index (χ4n) is 1.63. The van der Waals surface area contributed by atoms with Crippen molar-refractivity contribution in [3.63, 3.8) is 0 Å². The quantitative estimate of drug-likeness (QED) is 0.598. The first-order valence-electron chi connectivity index (χ1n) is 4.77. The van der Waals surface area contributed by atoms with Crippen molar-refractivity contribution in [3.05, 3.63) is 0 Å². The van der Waals surface area contributed by atoms with E-state index in [1.54, 1.807) is 0 Å². The van der Waals surface area contributed by atoms with E-state index in [1.165, 1.54) is 26.2 Å². The molecule has 0 bridgehead atoms. The lowest BCUT2D eigenvalue weighted by atomic mass is 10.2. The minimum absolute atomic E-state index is 0.703. The van der Waals surface area contributed by atoms with E-state index >= 15 is 0 Å². The molecular weight excluding hydrogens is 150 g/mol. The van der Waals surface area contributed by atoms with Crippen molar-refractivity contribution in [2.45, 2.75) is 19.9 Å². The third kappa shape index (κ3) is 2.44. The normalized spacial score (nSPS) is 22.5. The molecule has 0 saturated carbocycles. The molecule has 0 aromatic carbocycles. The number of piperazine rings is 1. The molecule has 0 spiro atoms. The monoisotopic (exact) mass is 171 g/mol. The molecule has 0 unspecified atom stereocenters. The van der Waals surface area contributed by atoms with Crippen LogP contribution in [-0.4, -0.2) is 61.2 Å². The Bertz CT molecular complexity index is 110. The zero-order chi connectivity index (χ0) is 9.14. The van der Waals surface area contributed by atoms with Crippen molar-refractivity contribution in [1.82, 2.24) is 14.9 Å². The largest absolute Gasteiger partial charge is 0.298 e. The van der Waals surface area contributed by atoms with Gasteiger partial charge in [0.2, 0.25) is 0 Å². The third-order valence-electron chi connectivity index (χ3n) is 2.59. The molecule has 1 saturated heterocycles. The van der Waals surface area contributed by atoms with Gasteiger partial charge in [0.25, 0.3) is 0 Å². The highest BCUT2D eigenvalue weighted by atomic mass is 15.6. The highest BCUT2D eigenvalue weighted by Gasteiger charge is 2.19. The summed E-state index contributed by atoms with van der Waals surface area (Å²) in [5, 5.41) is 4.58. The molecule has 1 fully saturated rings. The Morgan fingerprint density at radius 2 is 1.50 bits per heavy atom. The Kier molecular flexibility index (Phi) is 3.50. The molecule has 0 aromatic heterocycles. The van der Waals surface area contributed by atoms with E-state index < -0.39 is 0 Å². The second kappa shape index (κ2) is 4.21. The van der Waals surface area contributed by atoms with E-state index in [4.69, 9.17) is 0 Å². The van der Waals surface area contributed by atoms with Gasteiger partial charge in [-0.3, -0.25) is 4.90 Å². The summed E-state index contributed by atoms with van der Waals surface area (Å²) < 4.78 is 0.